The Labute approximate surface area is 94.2 Å². The fourth-order valence-corrected chi connectivity index (χ4v) is 0.497. The number of ether oxygens (including phenoxy) is 2. The molecule has 0 rings (SSSR count). The largest absolute Gasteiger partial charge is 0.463 e. The van der Waals surface area contributed by atoms with E-state index in [1.807, 2.05) is 0 Å². The van der Waals surface area contributed by atoms with Gasteiger partial charge in [0, 0.05) is 6.92 Å². The van der Waals surface area contributed by atoms with Crippen LogP contribution in [0.25, 0.3) is 0 Å². The first-order valence-electron chi connectivity index (χ1n) is 4.80. The molecule has 4 N–H and O–H groups in total. The fraction of sp³-hybridized carbons (Fsp3) is 0.889. The van der Waals surface area contributed by atoms with Crippen molar-refractivity contribution in [2.75, 3.05) is 39.6 Å². The number of rotatable bonds is 7. The predicted octanol–water partition coefficient (Wildman–Crippen LogP) is -2.11. The van der Waals surface area contributed by atoms with Gasteiger partial charge in [-0.05, 0) is 0 Å². The smallest absolute Gasteiger partial charge is 0.302 e. The molecule has 7 heteroatoms. The van der Waals surface area contributed by atoms with Gasteiger partial charge in [0.15, 0.2) is 0 Å². The highest BCUT2D eigenvalue weighted by atomic mass is 16.5. The molecular formula is C9H20O7. The van der Waals surface area contributed by atoms with Gasteiger partial charge in [-0.1, -0.05) is 0 Å². The highest BCUT2D eigenvalue weighted by Gasteiger charge is 2.02. The first-order chi connectivity index (χ1) is 7.58. The molecule has 0 aromatic rings. The third-order valence-corrected chi connectivity index (χ3v) is 1.16. The zero-order valence-corrected chi connectivity index (χ0v) is 9.33. The van der Waals surface area contributed by atoms with Gasteiger partial charge < -0.3 is 29.9 Å². The van der Waals surface area contributed by atoms with Crippen LogP contribution in [0.2, 0.25) is 0 Å². The second kappa shape index (κ2) is 14.3. The van der Waals surface area contributed by atoms with Crippen molar-refractivity contribution in [2.24, 2.45) is 0 Å². The van der Waals surface area contributed by atoms with Crippen LogP contribution in [0.15, 0.2) is 0 Å². The van der Waals surface area contributed by atoms with Crippen LogP contribution in [0, 0.1) is 0 Å². The molecule has 0 aliphatic rings. The summed E-state index contributed by atoms with van der Waals surface area (Å²) in [6.45, 7) is 1.42. The lowest BCUT2D eigenvalue weighted by Crippen LogP contribution is -2.20. The third-order valence-electron chi connectivity index (χ3n) is 1.16. The average molecular weight is 240 g/mol. The minimum Gasteiger partial charge on any atom is -0.463 e. The molecule has 0 radical (unpaired) electrons. The number of hydrogen-bond acceptors (Lipinski definition) is 7. The van der Waals surface area contributed by atoms with Crippen molar-refractivity contribution in [1.82, 2.24) is 0 Å². The third kappa shape index (κ3) is 18.9. The Balaban J connectivity index is 0. The lowest BCUT2D eigenvalue weighted by Gasteiger charge is -2.05. The summed E-state index contributed by atoms with van der Waals surface area (Å²) in [5.41, 5.74) is 0. The Morgan fingerprint density at radius 3 is 2.00 bits per heavy atom. The maximum atomic E-state index is 10.0. The van der Waals surface area contributed by atoms with Crippen molar-refractivity contribution in [2.45, 2.75) is 13.0 Å². The monoisotopic (exact) mass is 240 g/mol. The summed E-state index contributed by atoms with van der Waals surface area (Å²) in [6, 6.07) is 0. The number of aliphatic hydroxyl groups excluding tert-OH is 4. The van der Waals surface area contributed by atoms with Gasteiger partial charge in [0.1, 0.15) is 12.7 Å². The normalized spacial score (nSPS) is 11.3. The SMILES string of the molecule is CC(=O)OCC(O)CO.OCCOCCO. The van der Waals surface area contributed by atoms with Gasteiger partial charge in [-0.3, -0.25) is 4.79 Å². The molecule has 1 unspecified atom stereocenters. The molecule has 7 nitrogen and oxygen atoms in total. The van der Waals surface area contributed by atoms with Crippen molar-refractivity contribution in [1.29, 1.82) is 0 Å². The number of esters is 1. The van der Waals surface area contributed by atoms with Crippen molar-refractivity contribution in [3.63, 3.8) is 0 Å². The molecule has 98 valence electrons. The fourth-order valence-electron chi connectivity index (χ4n) is 0.497. The maximum absolute atomic E-state index is 10.0. The average Bonchev–Trinajstić information content (AvgIpc) is 2.27. The summed E-state index contributed by atoms with van der Waals surface area (Å²) in [7, 11) is 0. The molecule has 0 saturated heterocycles. The van der Waals surface area contributed by atoms with Crippen LogP contribution in [0.4, 0.5) is 0 Å². The van der Waals surface area contributed by atoms with Gasteiger partial charge in [-0.15, -0.1) is 0 Å². The minimum atomic E-state index is -0.950. The van der Waals surface area contributed by atoms with Crippen LogP contribution < -0.4 is 0 Å². The lowest BCUT2D eigenvalue weighted by atomic mass is 10.4. The van der Waals surface area contributed by atoms with Gasteiger partial charge in [-0.25, -0.2) is 0 Å². The molecule has 0 heterocycles. The van der Waals surface area contributed by atoms with E-state index >= 15 is 0 Å². The highest BCUT2D eigenvalue weighted by Crippen LogP contribution is 1.83. The van der Waals surface area contributed by atoms with E-state index in [4.69, 9.17) is 20.4 Å². The first-order valence-corrected chi connectivity index (χ1v) is 4.80. The Kier molecular flexibility index (Phi) is 15.7. The Hall–Kier alpha value is -0.730. The number of hydrogen-bond donors (Lipinski definition) is 4. The van der Waals surface area contributed by atoms with Gasteiger partial charge in [0.2, 0.25) is 0 Å². The molecular weight excluding hydrogens is 220 g/mol. The van der Waals surface area contributed by atoms with Crippen molar-refractivity contribution in [3.05, 3.63) is 0 Å². The second-order valence-electron chi connectivity index (χ2n) is 2.70. The molecule has 0 saturated carbocycles. The molecule has 0 aromatic heterocycles. The van der Waals surface area contributed by atoms with Gasteiger partial charge in [-0.2, -0.15) is 0 Å². The molecule has 0 aliphatic carbocycles. The summed E-state index contributed by atoms with van der Waals surface area (Å²) in [5.74, 6) is -0.456. The molecule has 16 heavy (non-hydrogen) atoms. The van der Waals surface area contributed by atoms with E-state index in [1.165, 1.54) is 6.92 Å². The van der Waals surface area contributed by atoms with E-state index in [0.717, 1.165) is 0 Å². The molecule has 0 aromatic carbocycles. The molecule has 0 bridgehead atoms. The summed E-state index contributed by atoms with van der Waals surface area (Å²) < 4.78 is 8.98. The number of carbonyl (C=O) groups excluding carboxylic acids is 1. The van der Waals surface area contributed by atoms with Crippen LogP contribution >= 0.6 is 0 Å². The molecule has 0 spiro atoms. The summed E-state index contributed by atoms with van der Waals surface area (Å²) in [5, 5.41) is 33.0. The number of aliphatic hydroxyl groups is 4. The quantitative estimate of drug-likeness (QED) is 0.297. The second-order valence-corrected chi connectivity index (χ2v) is 2.70. The van der Waals surface area contributed by atoms with Gasteiger partial charge in [0.25, 0.3) is 0 Å². The van der Waals surface area contributed by atoms with Crippen LogP contribution in [-0.4, -0.2) is 72.1 Å². The molecule has 0 aliphatic heterocycles. The summed E-state index contributed by atoms with van der Waals surface area (Å²) in [6.07, 6.45) is -0.950. The highest BCUT2D eigenvalue weighted by molar-refractivity contribution is 5.65. The topological polar surface area (TPSA) is 116 Å². The van der Waals surface area contributed by atoms with E-state index in [9.17, 15) is 4.79 Å². The van der Waals surface area contributed by atoms with Gasteiger partial charge >= 0.3 is 5.97 Å². The lowest BCUT2D eigenvalue weighted by molar-refractivity contribution is -0.144. The Morgan fingerprint density at radius 1 is 1.19 bits per heavy atom. The molecule has 1 atom stereocenters. The van der Waals surface area contributed by atoms with Crippen molar-refractivity contribution in [3.8, 4) is 0 Å². The standard InChI is InChI=1S/C5H10O4.C4H10O3/c1-4(7)9-3-5(8)2-6;5-1-3-7-4-2-6/h5-6,8H,2-3H2,1H3;5-6H,1-4H2. The van der Waals surface area contributed by atoms with E-state index in [1.54, 1.807) is 0 Å². The van der Waals surface area contributed by atoms with Crippen LogP contribution in [0.1, 0.15) is 6.92 Å². The first kappa shape index (κ1) is 17.7. The summed E-state index contributed by atoms with van der Waals surface area (Å²) in [4.78, 5) is 10.0. The van der Waals surface area contributed by atoms with Crippen LogP contribution in [0.3, 0.4) is 0 Å². The molecule has 0 amide bonds. The van der Waals surface area contributed by atoms with Crippen molar-refractivity contribution >= 4 is 5.97 Å². The zero-order chi connectivity index (χ0) is 12.8. The minimum absolute atomic E-state index is 0.0278. The summed E-state index contributed by atoms with van der Waals surface area (Å²) >= 11 is 0. The molecule has 0 fully saturated rings. The van der Waals surface area contributed by atoms with E-state index in [2.05, 4.69) is 9.47 Å². The Morgan fingerprint density at radius 2 is 1.69 bits per heavy atom. The number of carbonyl (C=O) groups is 1. The maximum Gasteiger partial charge on any atom is 0.302 e. The van der Waals surface area contributed by atoms with Crippen LogP contribution in [0.5, 0.6) is 0 Å². The van der Waals surface area contributed by atoms with E-state index in [-0.39, 0.29) is 26.4 Å². The van der Waals surface area contributed by atoms with Crippen molar-refractivity contribution < 1.29 is 34.7 Å². The van der Waals surface area contributed by atoms with Crippen LogP contribution in [-0.2, 0) is 14.3 Å². The van der Waals surface area contributed by atoms with E-state index in [0.29, 0.717) is 13.2 Å². The zero-order valence-electron chi connectivity index (χ0n) is 9.33. The predicted molar refractivity (Wildman–Crippen MR) is 54.7 cm³/mol. The van der Waals surface area contributed by atoms with E-state index < -0.39 is 12.1 Å². The van der Waals surface area contributed by atoms with Gasteiger partial charge in [0.05, 0.1) is 33.0 Å². The Bertz CT molecular complexity index is 147.